The monoisotopic (exact) mass is 103 g/mol. The van der Waals surface area contributed by atoms with Gasteiger partial charge in [0.15, 0.2) is 0 Å². The van der Waals surface area contributed by atoms with Crippen molar-refractivity contribution in [2.45, 2.75) is 19.9 Å². The first-order valence-corrected chi connectivity index (χ1v) is 2.37. The predicted molar refractivity (Wildman–Crippen MR) is 30.2 cm³/mol. The molecule has 0 aromatic rings. The van der Waals surface area contributed by atoms with Crippen LogP contribution in [0.5, 0.6) is 0 Å². The third-order valence-electron chi connectivity index (χ3n) is 0.462. The molecule has 0 unspecified atom stereocenters. The summed E-state index contributed by atoms with van der Waals surface area (Å²) in [6.07, 6.45) is 0. The average molecular weight is 103 g/mol. The molecule has 0 saturated heterocycles. The van der Waals surface area contributed by atoms with Gasteiger partial charge in [-0.2, -0.15) is 5.12 Å². The molecule has 0 aromatic carbocycles. The van der Waals surface area contributed by atoms with Crippen molar-refractivity contribution >= 4 is 0 Å². The molecular weight excluding hydrogens is 90.1 g/mol. The van der Waals surface area contributed by atoms with Crippen LogP contribution in [0.4, 0.5) is 0 Å². The summed E-state index contributed by atoms with van der Waals surface area (Å²) in [6.45, 7) is 4.06. The molecule has 0 bridgehead atoms. The molecular formula is C4H13N3. The van der Waals surface area contributed by atoms with Crippen molar-refractivity contribution in [2.75, 3.05) is 7.05 Å². The normalized spacial score (nSPS) is 11.1. The molecule has 0 aliphatic carbocycles. The first-order chi connectivity index (χ1) is 3.13. The van der Waals surface area contributed by atoms with Crippen molar-refractivity contribution in [1.82, 2.24) is 10.5 Å². The zero-order valence-electron chi connectivity index (χ0n) is 5.10. The highest BCUT2D eigenvalue weighted by molar-refractivity contribution is 4.42. The number of nitrogens with one attached hydrogen (secondary N) is 1. The van der Waals surface area contributed by atoms with Crippen molar-refractivity contribution in [3.63, 3.8) is 0 Å². The van der Waals surface area contributed by atoms with E-state index < -0.39 is 0 Å². The van der Waals surface area contributed by atoms with Gasteiger partial charge in [-0.05, 0) is 13.8 Å². The van der Waals surface area contributed by atoms with Crippen molar-refractivity contribution in [2.24, 2.45) is 5.84 Å². The summed E-state index contributed by atoms with van der Waals surface area (Å²) >= 11 is 0. The van der Waals surface area contributed by atoms with Crippen LogP contribution >= 0.6 is 0 Å². The van der Waals surface area contributed by atoms with E-state index >= 15 is 0 Å². The lowest BCUT2D eigenvalue weighted by atomic mass is 10.4. The maximum absolute atomic E-state index is 5.22. The Balaban J connectivity index is 2.95. The highest BCUT2D eigenvalue weighted by Gasteiger charge is 1.89. The lowest BCUT2D eigenvalue weighted by molar-refractivity contribution is 0.216. The van der Waals surface area contributed by atoms with Crippen LogP contribution in [-0.4, -0.2) is 18.2 Å². The van der Waals surface area contributed by atoms with E-state index in [0.717, 1.165) is 0 Å². The Morgan fingerprint density at radius 3 is 2.00 bits per heavy atom. The zero-order chi connectivity index (χ0) is 5.86. The summed E-state index contributed by atoms with van der Waals surface area (Å²) in [5, 5.41) is 1.45. The Hall–Kier alpha value is -0.120. The molecule has 0 radical (unpaired) electrons. The Labute approximate surface area is 44.4 Å². The van der Waals surface area contributed by atoms with Gasteiger partial charge in [0.2, 0.25) is 0 Å². The fourth-order valence-electron chi connectivity index (χ4n) is 0.407. The van der Waals surface area contributed by atoms with Crippen LogP contribution < -0.4 is 11.3 Å². The SMILES string of the molecule is CC(C)NN(C)N. The highest BCUT2D eigenvalue weighted by atomic mass is 15.7. The molecule has 0 heterocycles. The van der Waals surface area contributed by atoms with E-state index in [4.69, 9.17) is 5.84 Å². The standard InChI is InChI=1S/C4H13N3/c1-4(2)6-7(3)5/h4,6H,5H2,1-3H3. The number of hydrazine groups is 2. The van der Waals surface area contributed by atoms with E-state index in [1.54, 1.807) is 7.05 Å². The largest absolute Gasteiger partial charge is 0.255 e. The zero-order valence-corrected chi connectivity index (χ0v) is 5.10. The summed E-state index contributed by atoms with van der Waals surface area (Å²) in [4.78, 5) is 0. The second-order valence-electron chi connectivity index (χ2n) is 1.89. The van der Waals surface area contributed by atoms with Crippen molar-refractivity contribution < 1.29 is 0 Å². The van der Waals surface area contributed by atoms with Crippen molar-refractivity contribution in [1.29, 1.82) is 0 Å². The Morgan fingerprint density at radius 1 is 1.57 bits per heavy atom. The Morgan fingerprint density at radius 2 is 2.00 bits per heavy atom. The van der Waals surface area contributed by atoms with Gasteiger partial charge in [-0.25, -0.2) is 5.43 Å². The number of nitrogens with zero attached hydrogens (tertiary/aromatic N) is 1. The Bertz CT molecular complexity index is 36.2. The molecule has 0 atom stereocenters. The van der Waals surface area contributed by atoms with E-state index in [1.807, 2.05) is 13.8 Å². The first kappa shape index (κ1) is 6.88. The summed E-state index contributed by atoms with van der Waals surface area (Å²) < 4.78 is 0. The molecule has 0 aliphatic rings. The van der Waals surface area contributed by atoms with Crippen LogP contribution in [0.2, 0.25) is 0 Å². The molecule has 0 aromatic heterocycles. The molecule has 0 spiro atoms. The van der Waals surface area contributed by atoms with Gasteiger partial charge in [-0.15, -0.1) is 0 Å². The van der Waals surface area contributed by atoms with Gasteiger partial charge in [-0.3, -0.25) is 5.84 Å². The summed E-state index contributed by atoms with van der Waals surface area (Å²) in [7, 11) is 1.76. The van der Waals surface area contributed by atoms with E-state index in [2.05, 4.69) is 5.43 Å². The Kier molecular flexibility index (Phi) is 2.91. The predicted octanol–water partition coefficient (Wildman–Crippen LogP) is -0.295. The number of rotatable bonds is 2. The van der Waals surface area contributed by atoms with Gasteiger partial charge in [0.05, 0.1) is 0 Å². The van der Waals surface area contributed by atoms with Gasteiger partial charge in [-0.1, -0.05) is 0 Å². The molecule has 0 fully saturated rings. The lowest BCUT2D eigenvalue weighted by Crippen LogP contribution is -2.43. The first-order valence-electron chi connectivity index (χ1n) is 2.37. The summed E-state index contributed by atoms with van der Waals surface area (Å²) in [5.74, 6) is 5.22. The van der Waals surface area contributed by atoms with Gasteiger partial charge in [0.25, 0.3) is 0 Å². The summed E-state index contributed by atoms with van der Waals surface area (Å²) in [6, 6.07) is 0.426. The number of hydrogen-bond donors (Lipinski definition) is 2. The van der Waals surface area contributed by atoms with Crippen LogP contribution in [0.3, 0.4) is 0 Å². The van der Waals surface area contributed by atoms with Crippen LogP contribution in [0, 0.1) is 0 Å². The van der Waals surface area contributed by atoms with Crippen LogP contribution in [-0.2, 0) is 0 Å². The maximum atomic E-state index is 5.22. The van der Waals surface area contributed by atoms with Crippen molar-refractivity contribution in [3.05, 3.63) is 0 Å². The second-order valence-corrected chi connectivity index (χ2v) is 1.89. The maximum Gasteiger partial charge on any atom is 0.0172 e. The molecule has 7 heavy (non-hydrogen) atoms. The van der Waals surface area contributed by atoms with Gasteiger partial charge in [0, 0.05) is 13.1 Å². The molecule has 0 saturated carbocycles. The fraction of sp³-hybridized carbons (Fsp3) is 1.00. The van der Waals surface area contributed by atoms with Crippen LogP contribution in [0.25, 0.3) is 0 Å². The molecule has 0 amide bonds. The van der Waals surface area contributed by atoms with Gasteiger partial charge in [0.1, 0.15) is 0 Å². The minimum atomic E-state index is 0.426. The van der Waals surface area contributed by atoms with Crippen LogP contribution in [0.15, 0.2) is 0 Å². The smallest absolute Gasteiger partial charge is 0.0172 e. The van der Waals surface area contributed by atoms with Gasteiger partial charge >= 0.3 is 0 Å². The van der Waals surface area contributed by atoms with E-state index in [-0.39, 0.29) is 0 Å². The fourth-order valence-corrected chi connectivity index (χ4v) is 0.407. The van der Waals surface area contributed by atoms with Gasteiger partial charge < -0.3 is 0 Å². The molecule has 0 rings (SSSR count). The number of nitrogens with two attached hydrogens (primary N) is 1. The number of hydrogen-bond acceptors (Lipinski definition) is 3. The van der Waals surface area contributed by atoms with E-state index in [9.17, 15) is 0 Å². The molecule has 3 heteroatoms. The average Bonchev–Trinajstić information content (AvgIpc) is 1.27. The van der Waals surface area contributed by atoms with Crippen LogP contribution in [0.1, 0.15) is 13.8 Å². The highest BCUT2D eigenvalue weighted by Crippen LogP contribution is 1.72. The topological polar surface area (TPSA) is 41.3 Å². The molecule has 0 aliphatic heterocycles. The van der Waals surface area contributed by atoms with Crippen molar-refractivity contribution in [3.8, 4) is 0 Å². The van der Waals surface area contributed by atoms with E-state index in [0.29, 0.717) is 6.04 Å². The van der Waals surface area contributed by atoms with E-state index in [1.165, 1.54) is 5.12 Å². The summed E-state index contributed by atoms with van der Waals surface area (Å²) in [5.41, 5.74) is 2.92. The molecule has 3 N–H and O–H groups in total. The lowest BCUT2D eigenvalue weighted by Gasteiger charge is -2.13. The minimum absolute atomic E-state index is 0.426. The second kappa shape index (κ2) is 2.96. The molecule has 44 valence electrons. The minimum Gasteiger partial charge on any atom is -0.255 e. The third-order valence-corrected chi connectivity index (χ3v) is 0.462. The molecule has 3 nitrogen and oxygen atoms in total. The quantitative estimate of drug-likeness (QED) is 0.372. The third kappa shape index (κ3) is 5.88.